The van der Waals surface area contributed by atoms with E-state index < -0.39 is 11.7 Å². The Bertz CT molecular complexity index is 772. The molecule has 1 aromatic heterocycles. The largest absolute Gasteiger partial charge is 0.493 e. The Morgan fingerprint density at radius 1 is 1.04 bits per heavy atom. The highest BCUT2D eigenvalue weighted by atomic mass is 16.6. The number of carbonyl (C=O) groups excluding carboxylic acids is 1. The van der Waals surface area contributed by atoms with Crippen molar-refractivity contribution < 1.29 is 23.7 Å². The van der Waals surface area contributed by atoms with E-state index in [9.17, 15) is 4.79 Å². The molecule has 8 heteroatoms. The van der Waals surface area contributed by atoms with Crippen LogP contribution in [0.4, 0.5) is 4.79 Å². The molecule has 0 spiro atoms. The number of ether oxygens (including phenoxy) is 4. The third-order valence-electron chi connectivity index (χ3n) is 3.51. The van der Waals surface area contributed by atoms with Crippen molar-refractivity contribution >= 4 is 6.09 Å². The van der Waals surface area contributed by atoms with Crippen LogP contribution in [0.3, 0.4) is 0 Å². The number of pyridine rings is 1. The molecule has 8 nitrogen and oxygen atoms in total. The maximum absolute atomic E-state index is 11.6. The number of nitrogens with zero attached hydrogens (tertiary/aromatic N) is 1. The number of nitrogens with one attached hydrogen (secondary N) is 2. The number of amides is 1. The lowest BCUT2D eigenvalue weighted by atomic mass is 10.2. The van der Waals surface area contributed by atoms with E-state index in [0.717, 1.165) is 11.1 Å². The summed E-state index contributed by atoms with van der Waals surface area (Å²) in [6.07, 6.45) is 1.17. The summed E-state index contributed by atoms with van der Waals surface area (Å²) in [4.78, 5) is 15.8. The van der Waals surface area contributed by atoms with Gasteiger partial charge in [0.05, 0.1) is 14.2 Å². The molecule has 0 aliphatic carbocycles. The molecule has 152 valence electrons. The first kappa shape index (κ1) is 21.3. The van der Waals surface area contributed by atoms with Crippen molar-refractivity contribution in [3.63, 3.8) is 0 Å². The number of benzene rings is 1. The van der Waals surface area contributed by atoms with Gasteiger partial charge in [-0.2, -0.15) is 0 Å². The predicted octanol–water partition coefficient (Wildman–Crippen LogP) is 3.21. The van der Waals surface area contributed by atoms with Gasteiger partial charge in [0.2, 0.25) is 5.88 Å². The van der Waals surface area contributed by atoms with Crippen LogP contribution in [0.1, 0.15) is 31.9 Å². The fraction of sp³-hybridized carbons (Fsp3) is 0.400. The molecule has 2 aromatic rings. The second-order valence-corrected chi connectivity index (χ2v) is 6.96. The topological polar surface area (TPSA) is 90.9 Å². The van der Waals surface area contributed by atoms with Crippen LogP contribution < -0.4 is 25.1 Å². The summed E-state index contributed by atoms with van der Waals surface area (Å²) in [6, 6.07) is 9.21. The first-order valence-corrected chi connectivity index (χ1v) is 8.81. The Morgan fingerprint density at radius 3 is 2.39 bits per heavy atom. The molecule has 0 saturated heterocycles. The van der Waals surface area contributed by atoms with Crippen LogP contribution in [0.5, 0.6) is 17.4 Å². The van der Waals surface area contributed by atoms with E-state index >= 15 is 0 Å². The summed E-state index contributed by atoms with van der Waals surface area (Å²) in [5, 5.41) is 0. The first-order valence-electron chi connectivity index (χ1n) is 8.81. The number of hydrogen-bond donors (Lipinski definition) is 2. The van der Waals surface area contributed by atoms with Gasteiger partial charge < -0.3 is 18.9 Å². The van der Waals surface area contributed by atoms with Crippen LogP contribution in [0.15, 0.2) is 36.5 Å². The zero-order valence-corrected chi connectivity index (χ0v) is 16.9. The van der Waals surface area contributed by atoms with Gasteiger partial charge >= 0.3 is 6.09 Å². The molecule has 0 fully saturated rings. The molecule has 1 amide bonds. The van der Waals surface area contributed by atoms with Gasteiger partial charge in [-0.25, -0.2) is 15.2 Å². The summed E-state index contributed by atoms with van der Waals surface area (Å²) < 4.78 is 21.4. The summed E-state index contributed by atoms with van der Waals surface area (Å²) in [5.74, 6) is 1.76. The van der Waals surface area contributed by atoms with Crippen molar-refractivity contribution in [2.45, 2.75) is 39.5 Å². The van der Waals surface area contributed by atoms with Gasteiger partial charge in [-0.3, -0.25) is 5.43 Å². The van der Waals surface area contributed by atoms with E-state index in [0.29, 0.717) is 30.5 Å². The lowest BCUT2D eigenvalue weighted by Crippen LogP contribution is -2.40. The molecular weight excluding hydrogens is 362 g/mol. The smallest absolute Gasteiger partial charge is 0.422 e. The molecule has 1 heterocycles. The zero-order chi connectivity index (χ0) is 20.6. The van der Waals surface area contributed by atoms with Crippen LogP contribution in [0, 0.1) is 0 Å². The Morgan fingerprint density at radius 2 is 1.79 bits per heavy atom. The van der Waals surface area contributed by atoms with Crippen molar-refractivity contribution in [2.24, 2.45) is 0 Å². The number of carbonyl (C=O) groups is 1. The molecule has 0 radical (unpaired) electrons. The molecule has 2 N–H and O–H groups in total. The van der Waals surface area contributed by atoms with Crippen molar-refractivity contribution in [3.8, 4) is 17.4 Å². The van der Waals surface area contributed by atoms with Gasteiger partial charge in [0, 0.05) is 24.4 Å². The molecule has 28 heavy (non-hydrogen) atoms. The van der Waals surface area contributed by atoms with E-state index in [-0.39, 0.29) is 0 Å². The van der Waals surface area contributed by atoms with Crippen molar-refractivity contribution in [3.05, 3.63) is 47.7 Å². The van der Waals surface area contributed by atoms with Gasteiger partial charge in [0.25, 0.3) is 0 Å². The summed E-state index contributed by atoms with van der Waals surface area (Å²) >= 11 is 0. The molecule has 1 aromatic carbocycles. The Hall–Kier alpha value is -3.00. The van der Waals surface area contributed by atoms with E-state index in [1.807, 2.05) is 24.3 Å². The van der Waals surface area contributed by atoms with Crippen LogP contribution in [0.25, 0.3) is 0 Å². The first-order chi connectivity index (χ1) is 13.3. The zero-order valence-electron chi connectivity index (χ0n) is 16.9. The lowest BCUT2D eigenvalue weighted by molar-refractivity contribution is 0.0497. The van der Waals surface area contributed by atoms with E-state index in [1.165, 1.54) is 0 Å². The molecule has 0 atom stereocenters. The minimum Gasteiger partial charge on any atom is -0.493 e. The van der Waals surface area contributed by atoms with E-state index in [2.05, 4.69) is 15.8 Å². The number of methoxy groups -OCH3 is 2. The minimum absolute atomic E-state index is 0.352. The Labute approximate surface area is 165 Å². The Kier molecular flexibility index (Phi) is 7.45. The maximum atomic E-state index is 11.6. The highest BCUT2D eigenvalue weighted by molar-refractivity contribution is 5.67. The fourth-order valence-electron chi connectivity index (χ4n) is 2.24. The van der Waals surface area contributed by atoms with E-state index in [1.54, 1.807) is 47.3 Å². The maximum Gasteiger partial charge on any atom is 0.422 e. The third-order valence-corrected chi connectivity index (χ3v) is 3.51. The molecule has 0 aliphatic rings. The average molecular weight is 389 g/mol. The monoisotopic (exact) mass is 389 g/mol. The highest BCUT2D eigenvalue weighted by Gasteiger charge is 2.15. The summed E-state index contributed by atoms with van der Waals surface area (Å²) in [5.41, 5.74) is 6.59. The molecule has 0 saturated carbocycles. The lowest BCUT2D eigenvalue weighted by Gasteiger charge is -2.20. The van der Waals surface area contributed by atoms with Crippen molar-refractivity contribution in [2.75, 3.05) is 14.2 Å². The molecular formula is C20H27N3O5. The van der Waals surface area contributed by atoms with Crippen LogP contribution in [0.2, 0.25) is 0 Å². The van der Waals surface area contributed by atoms with Gasteiger partial charge in [-0.15, -0.1) is 0 Å². The Balaban J connectivity index is 1.89. The molecule has 2 rings (SSSR count). The van der Waals surface area contributed by atoms with Gasteiger partial charge in [-0.1, -0.05) is 6.07 Å². The molecule has 0 unspecified atom stereocenters. The van der Waals surface area contributed by atoms with Gasteiger partial charge in [0.1, 0.15) is 12.2 Å². The third kappa shape index (κ3) is 6.96. The van der Waals surface area contributed by atoms with E-state index in [4.69, 9.17) is 18.9 Å². The predicted molar refractivity (Wildman–Crippen MR) is 104 cm³/mol. The standard InChI is InChI=1S/C20H27N3O5/c1-20(2,3)28-19(24)23-22-12-14-6-8-16(17(10-14)25-4)27-13-15-7-9-18(26-5)21-11-15/h6-11,22H,12-13H2,1-5H3,(H,23,24). The quantitative estimate of drug-likeness (QED) is 0.670. The second-order valence-electron chi connectivity index (χ2n) is 6.96. The van der Waals surface area contributed by atoms with Crippen molar-refractivity contribution in [1.82, 2.24) is 15.8 Å². The van der Waals surface area contributed by atoms with Crippen LogP contribution in [-0.2, 0) is 17.9 Å². The summed E-state index contributed by atoms with van der Waals surface area (Å²) in [6.45, 7) is 6.16. The highest BCUT2D eigenvalue weighted by Crippen LogP contribution is 2.28. The van der Waals surface area contributed by atoms with Crippen LogP contribution in [-0.4, -0.2) is 30.9 Å². The fourth-order valence-corrected chi connectivity index (χ4v) is 2.24. The number of rotatable bonds is 8. The number of hydrogen-bond acceptors (Lipinski definition) is 7. The second kappa shape index (κ2) is 9.80. The number of aromatic nitrogens is 1. The average Bonchev–Trinajstić information content (AvgIpc) is 2.65. The molecule has 0 bridgehead atoms. The SMILES string of the molecule is COc1ccc(COc2ccc(CNNC(=O)OC(C)(C)C)cc2OC)cn1. The van der Waals surface area contributed by atoms with Crippen molar-refractivity contribution in [1.29, 1.82) is 0 Å². The molecule has 0 aliphatic heterocycles. The van der Waals surface area contributed by atoms with Crippen LogP contribution >= 0.6 is 0 Å². The number of hydrazine groups is 1. The minimum atomic E-state index is -0.548. The van der Waals surface area contributed by atoms with Gasteiger partial charge in [-0.05, 0) is 44.5 Å². The summed E-state index contributed by atoms with van der Waals surface area (Å²) in [7, 11) is 3.15. The normalized spacial score (nSPS) is 10.9. The van der Waals surface area contributed by atoms with Gasteiger partial charge in [0.15, 0.2) is 11.5 Å².